The second kappa shape index (κ2) is 9.44. The minimum absolute atomic E-state index is 0.0971. The van der Waals surface area contributed by atoms with Gasteiger partial charge in [0.2, 0.25) is 5.91 Å². The van der Waals surface area contributed by atoms with Crippen molar-refractivity contribution in [2.75, 3.05) is 4.90 Å². The average molecular weight is 445 g/mol. The maximum absolute atomic E-state index is 13.6. The number of thiophene rings is 1. The molecule has 1 atom stereocenters. The quantitative estimate of drug-likeness (QED) is 0.604. The Morgan fingerprint density at radius 1 is 1.13 bits per heavy atom. The Labute approximate surface area is 181 Å². The Kier molecular flexibility index (Phi) is 6.49. The van der Waals surface area contributed by atoms with E-state index in [1.54, 1.807) is 5.38 Å². The van der Waals surface area contributed by atoms with Gasteiger partial charge in [-0.05, 0) is 60.1 Å². The van der Waals surface area contributed by atoms with Crippen molar-refractivity contribution in [3.05, 3.63) is 63.5 Å². The van der Waals surface area contributed by atoms with E-state index in [1.807, 2.05) is 17.5 Å². The molecule has 0 saturated heterocycles. The first-order chi connectivity index (χ1) is 14.6. The van der Waals surface area contributed by atoms with E-state index in [0.29, 0.717) is 5.69 Å². The minimum atomic E-state index is -0.883. The summed E-state index contributed by atoms with van der Waals surface area (Å²) in [5.74, 6) is -1.11. The fourth-order valence-electron chi connectivity index (χ4n) is 3.71. The lowest BCUT2D eigenvalue weighted by atomic mass is 9.95. The molecule has 0 bridgehead atoms. The molecule has 1 saturated carbocycles. The smallest absolute Gasteiger partial charge is 0.280 e. The molecule has 2 aromatic heterocycles. The van der Waals surface area contributed by atoms with Gasteiger partial charge in [-0.15, -0.1) is 16.4 Å². The van der Waals surface area contributed by atoms with Gasteiger partial charge < -0.3 is 5.32 Å². The molecule has 0 radical (unpaired) electrons. The van der Waals surface area contributed by atoms with Crippen LogP contribution in [0.15, 0.2) is 47.2 Å². The maximum Gasteiger partial charge on any atom is 0.280 e. The molecule has 2 heterocycles. The van der Waals surface area contributed by atoms with Gasteiger partial charge in [-0.1, -0.05) is 29.8 Å². The first kappa shape index (κ1) is 20.6. The first-order valence-corrected chi connectivity index (χ1v) is 11.5. The number of amides is 2. The molecule has 156 valence electrons. The largest absolute Gasteiger partial charge is 0.351 e. The van der Waals surface area contributed by atoms with Crippen LogP contribution in [0.25, 0.3) is 0 Å². The standard InChI is InChI=1S/C21H21FN4O2S2/c22-14-8-10-16(11-9-14)26(21(28)17-13-30-25-24-17)19(18-7-4-12-29-18)20(27)23-15-5-2-1-3-6-15/h4,7-13,15,19H,1-3,5-6H2,(H,23,27). The Balaban J connectivity index is 1.73. The summed E-state index contributed by atoms with van der Waals surface area (Å²) >= 11 is 2.46. The van der Waals surface area contributed by atoms with Crippen molar-refractivity contribution in [3.63, 3.8) is 0 Å². The van der Waals surface area contributed by atoms with Crippen LogP contribution in [0.5, 0.6) is 0 Å². The number of aromatic nitrogens is 2. The van der Waals surface area contributed by atoms with Crippen LogP contribution in [-0.4, -0.2) is 27.4 Å². The van der Waals surface area contributed by atoms with Crippen LogP contribution in [-0.2, 0) is 4.79 Å². The predicted molar refractivity (Wildman–Crippen MR) is 115 cm³/mol. The van der Waals surface area contributed by atoms with Gasteiger partial charge >= 0.3 is 0 Å². The van der Waals surface area contributed by atoms with E-state index in [0.717, 1.165) is 42.1 Å². The minimum Gasteiger partial charge on any atom is -0.351 e. The van der Waals surface area contributed by atoms with Crippen LogP contribution in [0.3, 0.4) is 0 Å². The van der Waals surface area contributed by atoms with Crippen molar-refractivity contribution in [1.82, 2.24) is 14.9 Å². The fourth-order valence-corrected chi connectivity index (χ4v) is 4.96. The SMILES string of the molecule is O=C(NC1CCCCC1)C(c1cccs1)N(C(=O)c1csnn1)c1ccc(F)cc1. The zero-order chi connectivity index (χ0) is 20.9. The molecular weight excluding hydrogens is 423 g/mol. The summed E-state index contributed by atoms with van der Waals surface area (Å²) < 4.78 is 17.3. The number of nitrogens with zero attached hydrogens (tertiary/aromatic N) is 3. The molecule has 3 aromatic rings. The van der Waals surface area contributed by atoms with Crippen LogP contribution < -0.4 is 10.2 Å². The van der Waals surface area contributed by atoms with Gasteiger partial charge in [0.05, 0.1) is 0 Å². The molecule has 2 amide bonds. The van der Waals surface area contributed by atoms with Gasteiger partial charge in [-0.25, -0.2) is 4.39 Å². The molecule has 4 rings (SSSR count). The van der Waals surface area contributed by atoms with Crippen LogP contribution in [0.4, 0.5) is 10.1 Å². The van der Waals surface area contributed by atoms with E-state index in [2.05, 4.69) is 14.9 Å². The van der Waals surface area contributed by atoms with Crippen molar-refractivity contribution in [1.29, 1.82) is 0 Å². The average Bonchev–Trinajstić information content (AvgIpc) is 3.47. The third-order valence-corrected chi connectivity index (χ3v) is 6.60. The summed E-state index contributed by atoms with van der Waals surface area (Å²) in [6.45, 7) is 0. The van der Waals surface area contributed by atoms with Crippen molar-refractivity contribution in [2.45, 2.75) is 44.2 Å². The third kappa shape index (κ3) is 4.57. The molecule has 6 nitrogen and oxygen atoms in total. The number of nitrogens with one attached hydrogen (secondary N) is 1. The normalized spacial score (nSPS) is 15.5. The summed E-state index contributed by atoms with van der Waals surface area (Å²) in [4.78, 5) is 29.0. The highest BCUT2D eigenvalue weighted by molar-refractivity contribution is 7.10. The molecule has 1 aromatic carbocycles. The van der Waals surface area contributed by atoms with Crippen molar-refractivity contribution >= 4 is 40.4 Å². The molecule has 30 heavy (non-hydrogen) atoms. The van der Waals surface area contributed by atoms with E-state index < -0.39 is 17.8 Å². The van der Waals surface area contributed by atoms with Crippen molar-refractivity contribution in [2.24, 2.45) is 0 Å². The lowest BCUT2D eigenvalue weighted by molar-refractivity contribution is -0.123. The number of carbonyl (C=O) groups excluding carboxylic acids is 2. The second-order valence-corrected chi connectivity index (χ2v) is 8.79. The van der Waals surface area contributed by atoms with Gasteiger partial charge in [0.25, 0.3) is 5.91 Å². The second-order valence-electron chi connectivity index (χ2n) is 7.20. The van der Waals surface area contributed by atoms with E-state index in [4.69, 9.17) is 0 Å². The Morgan fingerprint density at radius 3 is 2.53 bits per heavy atom. The van der Waals surface area contributed by atoms with Gasteiger partial charge in [0.1, 0.15) is 5.82 Å². The molecule has 1 N–H and O–H groups in total. The number of hydrogen-bond acceptors (Lipinski definition) is 6. The summed E-state index contributed by atoms with van der Waals surface area (Å²) in [5, 5.41) is 10.4. The van der Waals surface area contributed by atoms with Crippen LogP contribution >= 0.6 is 22.9 Å². The Bertz CT molecular complexity index is 971. The highest BCUT2D eigenvalue weighted by atomic mass is 32.1. The molecule has 1 aliphatic carbocycles. The molecular formula is C21H21FN4O2S2. The molecule has 0 spiro atoms. The van der Waals surface area contributed by atoms with E-state index in [-0.39, 0.29) is 17.6 Å². The zero-order valence-corrected chi connectivity index (χ0v) is 17.8. The van der Waals surface area contributed by atoms with E-state index in [1.165, 1.54) is 46.9 Å². The van der Waals surface area contributed by atoms with Gasteiger partial charge in [0.15, 0.2) is 11.7 Å². The third-order valence-electron chi connectivity index (χ3n) is 5.17. The Morgan fingerprint density at radius 2 is 1.90 bits per heavy atom. The molecule has 9 heteroatoms. The Hall–Kier alpha value is -2.65. The topological polar surface area (TPSA) is 75.2 Å². The van der Waals surface area contributed by atoms with Gasteiger partial charge in [-0.3, -0.25) is 14.5 Å². The molecule has 1 unspecified atom stereocenters. The number of hydrogen-bond donors (Lipinski definition) is 1. The molecule has 1 aliphatic rings. The van der Waals surface area contributed by atoms with Gasteiger partial charge in [0, 0.05) is 22.0 Å². The molecule has 0 aliphatic heterocycles. The molecule has 1 fully saturated rings. The lowest BCUT2D eigenvalue weighted by Gasteiger charge is -2.32. The highest BCUT2D eigenvalue weighted by Crippen LogP contribution is 2.32. The van der Waals surface area contributed by atoms with Crippen molar-refractivity contribution in [3.8, 4) is 0 Å². The van der Waals surface area contributed by atoms with E-state index >= 15 is 0 Å². The summed E-state index contributed by atoms with van der Waals surface area (Å²) in [6.07, 6.45) is 5.21. The maximum atomic E-state index is 13.6. The monoisotopic (exact) mass is 444 g/mol. The highest BCUT2D eigenvalue weighted by Gasteiger charge is 2.36. The van der Waals surface area contributed by atoms with Crippen molar-refractivity contribution < 1.29 is 14.0 Å². The van der Waals surface area contributed by atoms with Gasteiger partial charge in [-0.2, -0.15) is 0 Å². The lowest BCUT2D eigenvalue weighted by Crippen LogP contribution is -2.47. The summed E-state index contributed by atoms with van der Waals surface area (Å²) in [6, 6.07) is 8.45. The number of halogens is 1. The zero-order valence-electron chi connectivity index (χ0n) is 16.2. The van der Waals surface area contributed by atoms with E-state index in [9.17, 15) is 14.0 Å². The number of anilines is 1. The first-order valence-electron chi connectivity index (χ1n) is 9.83. The predicted octanol–water partition coefficient (Wildman–Crippen LogP) is 4.58. The van der Waals surface area contributed by atoms with Crippen LogP contribution in [0, 0.1) is 5.82 Å². The number of benzene rings is 1. The van der Waals surface area contributed by atoms with Crippen LogP contribution in [0.1, 0.15) is 53.5 Å². The fraction of sp³-hybridized carbons (Fsp3) is 0.333. The van der Waals surface area contributed by atoms with Crippen LogP contribution in [0.2, 0.25) is 0 Å². The number of carbonyl (C=O) groups is 2. The number of rotatable bonds is 6. The summed E-state index contributed by atoms with van der Waals surface area (Å²) in [5.41, 5.74) is 0.572. The summed E-state index contributed by atoms with van der Waals surface area (Å²) in [7, 11) is 0.